The van der Waals surface area contributed by atoms with Crippen LogP contribution in [0, 0.1) is 0 Å². The van der Waals surface area contributed by atoms with E-state index in [-0.39, 0.29) is 5.41 Å². The van der Waals surface area contributed by atoms with E-state index in [1.807, 2.05) is 36.4 Å². The first-order chi connectivity index (χ1) is 23.1. The normalized spacial score (nSPS) is 13.5. The molecular weight excluding hydrogens is 574 g/mol. The molecule has 0 atom stereocenters. The van der Waals surface area contributed by atoms with Crippen LogP contribution in [0.15, 0.2) is 144 Å². The van der Waals surface area contributed by atoms with Crippen LogP contribution in [0.5, 0.6) is 0 Å². The van der Waals surface area contributed by atoms with Crippen LogP contribution in [0.25, 0.3) is 83.3 Å². The van der Waals surface area contributed by atoms with Crippen LogP contribution in [0.4, 0.5) is 0 Å². The summed E-state index contributed by atoms with van der Waals surface area (Å²) in [4.78, 5) is 10.5. The van der Waals surface area contributed by atoms with E-state index in [1.54, 1.807) is 0 Å². The summed E-state index contributed by atoms with van der Waals surface area (Å²) < 4.78 is 8.80. The molecule has 0 N–H and O–H groups in total. The topological polar surface area (TPSA) is 43.9 Å². The Morgan fingerprint density at radius 1 is 0.553 bits per heavy atom. The molecule has 0 bridgehead atoms. The molecular formula is C43H29N3O. The lowest BCUT2D eigenvalue weighted by Gasteiger charge is -2.21. The van der Waals surface area contributed by atoms with E-state index < -0.39 is 0 Å². The number of hydrogen-bond acceptors (Lipinski definition) is 3. The lowest BCUT2D eigenvalue weighted by Crippen LogP contribution is -2.14. The molecule has 0 fully saturated rings. The van der Waals surface area contributed by atoms with E-state index in [0.29, 0.717) is 11.4 Å². The molecule has 0 unspecified atom stereocenters. The Kier molecular flexibility index (Phi) is 5.31. The second-order valence-electron chi connectivity index (χ2n) is 13.0. The zero-order chi connectivity index (χ0) is 31.3. The predicted octanol–water partition coefficient (Wildman–Crippen LogP) is 11.1. The summed E-state index contributed by atoms with van der Waals surface area (Å²) >= 11 is 0. The highest BCUT2D eigenvalue weighted by Gasteiger charge is 2.36. The average molecular weight is 604 g/mol. The highest BCUT2D eigenvalue weighted by Crippen LogP contribution is 2.51. The molecule has 0 saturated heterocycles. The molecule has 47 heavy (non-hydrogen) atoms. The number of aromatic nitrogens is 3. The Hall–Kier alpha value is -6.00. The van der Waals surface area contributed by atoms with E-state index in [4.69, 9.17) is 14.4 Å². The highest BCUT2D eigenvalue weighted by molar-refractivity contribution is 6.12. The Bertz CT molecular complexity index is 2710. The Morgan fingerprint density at radius 3 is 2.13 bits per heavy atom. The van der Waals surface area contributed by atoms with Crippen LogP contribution < -0.4 is 0 Å². The smallest absolute Gasteiger partial charge is 0.180 e. The Morgan fingerprint density at radius 2 is 1.26 bits per heavy atom. The van der Waals surface area contributed by atoms with Gasteiger partial charge in [-0.3, -0.25) is 0 Å². The van der Waals surface area contributed by atoms with Gasteiger partial charge in [0.2, 0.25) is 0 Å². The molecule has 0 spiro atoms. The molecule has 0 saturated carbocycles. The number of benzene rings is 6. The predicted molar refractivity (Wildman–Crippen MR) is 192 cm³/mol. The van der Waals surface area contributed by atoms with Crippen LogP contribution >= 0.6 is 0 Å². The third-order valence-electron chi connectivity index (χ3n) is 10.0. The van der Waals surface area contributed by atoms with E-state index in [1.165, 1.54) is 38.5 Å². The third-order valence-corrected chi connectivity index (χ3v) is 10.0. The minimum absolute atomic E-state index is 0.0777. The molecule has 222 valence electrons. The maximum Gasteiger partial charge on any atom is 0.180 e. The maximum atomic E-state index is 6.40. The molecule has 3 heterocycles. The van der Waals surface area contributed by atoms with Crippen LogP contribution in [-0.2, 0) is 5.41 Å². The van der Waals surface area contributed by atoms with Crippen LogP contribution in [0.1, 0.15) is 25.0 Å². The van der Waals surface area contributed by atoms with Gasteiger partial charge in [0, 0.05) is 32.7 Å². The van der Waals surface area contributed by atoms with Gasteiger partial charge in [-0.2, -0.15) is 0 Å². The van der Waals surface area contributed by atoms with Crippen molar-refractivity contribution in [3.05, 3.63) is 151 Å². The van der Waals surface area contributed by atoms with E-state index >= 15 is 0 Å². The molecule has 0 radical (unpaired) electrons. The van der Waals surface area contributed by atoms with Gasteiger partial charge < -0.3 is 8.98 Å². The summed E-state index contributed by atoms with van der Waals surface area (Å²) in [5.74, 6) is 0.664. The van der Waals surface area contributed by atoms with Crippen molar-refractivity contribution in [1.29, 1.82) is 0 Å². The fourth-order valence-corrected chi connectivity index (χ4v) is 7.78. The molecule has 3 aromatic heterocycles. The van der Waals surface area contributed by atoms with Gasteiger partial charge in [-0.1, -0.05) is 111 Å². The fraction of sp³-hybridized carbons (Fsp3) is 0.0698. The molecule has 1 aliphatic carbocycles. The monoisotopic (exact) mass is 603 g/mol. The summed E-state index contributed by atoms with van der Waals surface area (Å²) in [7, 11) is 0. The van der Waals surface area contributed by atoms with E-state index in [2.05, 4.69) is 122 Å². The van der Waals surface area contributed by atoms with Crippen molar-refractivity contribution in [1.82, 2.24) is 14.5 Å². The molecule has 6 aromatic carbocycles. The zero-order valence-corrected chi connectivity index (χ0v) is 26.0. The van der Waals surface area contributed by atoms with Gasteiger partial charge in [-0.15, -0.1) is 0 Å². The number of rotatable bonds is 3. The van der Waals surface area contributed by atoms with E-state index in [0.717, 1.165) is 44.5 Å². The maximum absolute atomic E-state index is 6.40. The molecule has 4 nitrogen and oxygen atoms in total. The Labute approximate surface area is 271 Å². The van der Waals surface area contributed by atoms with Gasteiger partial charge >= 0.3 is 0 Å². The van der Waals surface area contributed by atoms with Crippen molar-refractivity contribution < 1.29 is 4.42 Å². The molecule has 0 aliphatic heterocycles. The van der Waals surface area contributed by atoms with Crippen molar-refractivity contribution in [2.45, 2.75) is 19.3 Å². The lowest BCUT2D eigenvalue weighted by molar-refractivity contribution is 0.661. The first kappa shape index (κ1) is 26.2. The summed E-state index contributed by atoms with van der Waals surface area (Å²) in [5, 5.41) is 3.46. The standard InChI is InChI=1S/C43H29N3O/c1-43(2)33-20-10-6-16-27(33)31-25-37-32(24-34(31)43)28-17-7-11-21-35(28)46(37)36-22-12-8-18-29(36)42-44-39(26-14-4-3-5-15-26)41-40(45-42)30-19-9-13-23-38(30)47-41/h3-25H,1-2H3. The number of nitrogens with zero attached hydrogens (tertiary/aromatic N) is 3. The molecule has 1 aliphatic rings. The second-order valence-corrected chi connectivity index (χ2v) is 13.0. The van der Waals surface area contributed by atoms with Crippen molar-refractivity contribution >= 4 is 43.9 Å². The number of para-hydroxylation sites is 3. The van der Waals surface area contributed by atoms with Crippen molar-refractivity contribution in [2.75, 3.05) is 0 Å². The van der Waals surface area contributed by atoms with Gasteiger partial charge in [0.1, 0.15) is 16.8 Å². The van der Waals surface area contributed by atoms with Crippen molar-refractivity contribution in [2.24, 2.45) is 0 Å². The van der Waals surface area contributed by atoms with Gasteiger partial charge in [0.15, 0.2) is 11.4 Å². The molecule has 4 heteroatoms. The van der Waals surface area contributed by atoms with Crippen molar-refractivity contribution in [3.8, 4) is 39.5 Å². The minimum Gasteiger partial charge on any atom is -0.452 e. The van der Waals surface area contributed by atoms with Crippen molar-refractivity contribution in [3.63, 3.8) is 0 Å². The van der Waals surface area contributed by atoms with Crippen LogP contribution in [-0.4, -0.2) is 14.5 Å². The quantitative estimate of drug-likeness (QED) is 0.202. The van der Waals surface area contributed by atoms with Gasteiger partial charge in [0.05, 0.1) is 16.7 Å². The summed E-state index contributed by atoms with van der Waals surface area (Å²) in [5.41, 5.74) is 13.7. The third kappa shape index (κ3) is 3.64. The van der Waals surface area contributed by atoms with Gasteiger partial charge in [0.25, 0.3) is 0 Å². The Balaban J connectivity index is 1.29. The average Bonchev–Trinajstić information content (AvgIpc) is 3.73. The summed E-state index contributed by atoms with van der Waals surface area (Å²) in [6, 6.07) is 49.3. The van der Waals surface area contributed by atoms with E-state index in [9.17, 15) is 0 Å². The lowest BCUT2D eigenvalue weighted by atomic mass is 9.82. The highest BCUT2D eigenvalue weighted by atomic mass is 16.3. The molecule has 0 amide bonds. The zero-order valence-electron chi connectivity index (χ0n) is 26.0. The SMILES string of the molecule is CC1(C)c2ccccc2-c2cc3c(cc21)c1ccccc1n3-c1ccccc1-c1nc(-c2ccccc2)c2oc3ccccc3c2n1. The summed E-state index contributed by atoms with van der Waals surface area (Å²) in [6.45, 7) is 4.69. The van der Waals surface area contributed by atoms with Gasteiger partial charge in [-0.05, 0) is 64.7 Å². The van der Waals surface area contributed by atoms with Gasteiger partial charge in [-0.25, -0.2) is 9.97 Å². The van der Waals surface area contributed by atoms with Crippen LogP contribution in [0.2, 0.25) is 0 Å². The molecule has 10 rings (SSSR count). The molecule has 9 aromatic rings. The first-order valence-electron chi connectivity index (χ1n) is 16.1. The number of hydrogen-bond donors (Lipinski definition) is 0. The summed E-state index contributed by atoms with van der Waals surface area (Å²) in [6.07, 6.45) is 0. The minimum atomic E-state index is -0.0777. The number of furan rings is 1. The largest absolute Gasteiger partial charge is 0.452 e. The second kappa shape index (κ2) is 9.51. The fourth-order valence-electron chi connectivity index (χ4n) is 7.78. The number of fused-ring (bicyclic) bond motifs is 9. The van der Waals surface area contributed by atoms with Crippen LogP contribution in [0.3, 0.4) is 0 Å². The first-order valence-corrected chi connectivity index (χ1v) is 16.1.